The molecule has 3 N–H and O–H groups in total. The summed E-state index contributed by atoms with van der Waals surface area (Å²) in [5.74, 6) is -0.0639. The van der Waals surface area contributed by atoms with E-state index in [1.165, 1.54) is 180 Å². The molecular formula is C53H97NO3. The lowest BCUT2D eigenvalue weighted by Crippen LogP contribution is -2.45. The van der Waals surface area contributed by atoms with E-state index in [2.05, 4.69) is 67.8 Å². The number of carbonyl (C=O) groups excluding carboxylic acids is 1. The molecule has 4 heteroatoms. The van der Waals surface area contributed by atoms with Crippen molar-refractivity contribution in [2.75, 3.05) is 6.61 Å². The molecule has 0 fully saturated rings. The van der Waals surface area contributed by atoms with Gasteiger partial charge in [0.05, 0.1) is 18.8 Å². The molecule has 2 atom stereocenters. The van der Waals surface area contributed by atoms with Gasteiger partial charge in [-0.25, -0.2) is 0 Å². The number of rotatable bonds is 45. The van der Waals surface area contributed by atoms with Gasteiger partial charge in [0.1, 0.15) is 0 Å². The highest BCUT2D eigenvalue weighted by atomic mass is 16.3. The van der Waals surface area contributed by atoms with Crippen LogP contribution in [0.5, 0.6) is 0 Å². The van der Waals surface area contributed by atoms with Crippen molar-refractivity contribution in [1.82, 2.24) is 5.32 Å². The number of carbonyl (C=O) groups is 1. The van der Waals surface area contributed by atoms with Gasteiger partial charge >= 0.3 is 0 Å². The fourth-order valence-electron chi connectivity index (χ4n) is 7.46. The molecule has 0 aliphatic heterocycles. The molecule has 0 rings (SSSR count). The topological polar surface area (TPSA) is 69.6 Å². The van der Waals surface area contributed by atoms with Crippen molar-refractivity contribution in [2.24, 2.45) is 0 Å². The molecule has 0 radical (unpaired) electrons. The van der Waals surface area contributed by atoms with E-state index in [1.807, 2.05) is 6.08 Å². The summed E-state index contributed by atoms with van der Waals surface area (Å²) in [6.07, 6.45) is 68.0. The molecule has 0 saturated heterocycles. The summed E-state index contributed by atoms with van der Waals surface area (Å²) >= 11 is 0. The van der Waals surface area contributed by atoms with Crippen molar-refractivity contribution in [3.8, 4) is 0 Å². The van der Waals surface area contributed by atoms with Crippen LogP contribution in [0, 0.1) is 0 Å². The van der Waals surface area contributed by atoms with Gasteiger partial charge in [0.15, 0.2) is 0 Å². The number of hydrogen-bond acceptors (Lipinski definition) is 3. The van der Waals surface area contributed by atoms with Gasteiger partial charge in [-0.05, 0) is 57.8 Å². The molecule has 0 saturated carbocycles. The molecule has 2 unspecified atom stereocenters. The Labute approximate surface area is 356 Å². The van der Waals surface area contributed by atoms with Gasteiger partial charge in [0.2, 0.25) is 5.91 Å². The highest BCUT2D eigenvalue weighted by Gasteiger charge is 2.18. The SMILES string of the molecule is CC/C=C\C/C=C\C/C=C\C/C=C\CCCCCCCCCCCCCCCCCCCCCCCCC(=O)NC(CO)C(O)/C=C/CCCCCCCCCC. The Kier molecular flexibility index (Phi) is 46.8. The predicted octanol–water partition coefficient (Wildman–Crippen LogP) is 16.1. The van der Waals surface area contributed by atoms with Gasteiger partial charge < -0.3 is 15.5 Å². The molecule has 0 aromatic rings. The maximum absolute atomic E-state index is 12.4. The smallest absolute Gasteiger partial charge is 0.220 e. The fourth-order valence-corrected chi connectivity index (χ4v) is 7.46. The first kappa shape index (κ1) is 55.1. The third kappa shape index (κ3) is 45.0. The second kappa shape index (κ2) is 48.5. The Morgan fingerprint density at radius 1 is 0.439 bits per heavy atom. The normalized spacial score (nSPS) is 13.4. The van der Waals surface area contributed by atoms with Crippen molar-refractivity contribution in [3.05, 3.63) is 60.8 Å². The van der Waals surface area contributed by atoms with Crippen LogP contribution in [0.4, 0.5) is 0 Å². The third-order valence-corrected chi connectivity index (χ3v) is 11.3. The Bertz CT molecular complexity index is 950. The second-order valence-electron chi connectivity index (χ2n) is 16.9. The van der Waals surface area contributed by atoms with Crippen LogP contribution in [0.15, 0.2) is 60.8 Å². The third-order valence-electron chi connectivity index (χ3n) is 11.3. The molecule has 0 aliphatic rings. The maximum atomic E-state index is 12.4. The number of amides is 1. The average molecular weight is 796 g/mol. The quantitative estimate of drug-likeness (QED) is 0.0425. The number of aliphatic hydroxyl groups is 2. The van der Waals surface area contributed by atoms with Crippen LogP contribution < -0.4 is 5.32 Å². The van der Waals surface area contributed by atoms with Crippen molar-refractivity contribution in [2.45, 2.75) is 264 Å². The van der Waals surface area contributed by atoms with Gasteiger partial charge in [0.25, 0.3) is 0 Å². The number of hydrogen-bond donors (Lipinski definition) is 3. The van der Waals surface area contributed by atoms with Crippen LogP contribution in [0.1, 0.15) is 251 Å². The summed E-state index contributed by atoms with van der Waals surface area (Å²) < 4.78 is 0. The zero-order valence-corrected chi connectivity index (χ0v) is 38.1. The lowest BCUT2D eigenvalue weighted by Gasteiger charge is -2.20. The zero-order chi connectivity index (χ0) is 41.4. The van der Waals surface area contributed by atoms with Crippen LogP contribution >= 0.6 is 0 Å². The van der Waals surface area contributed by atoms with Crippen LogP contribution in [0.2, 0.25) is 0 Å². The average Bonchev–Trinajstić information content (AvgIpc) is 3.22. The molecule has 0 aliphatic carbocycles. The molecule has 4 nitrogen and oxygen atoms in total. The van der Waals surface area contributed by atoms with Gasteiger partial charge in [-0.1, -0.05) is 248 Å². The molecule has 0 spiro atoms. The highest BCUT2D eigenvalue weighted by Crippen LogP contribution is 2.16. The Morgan fingerprint density at radius 3 is 1.16 bits per heavy atom. The van der Waals surface area contributed by atoms with Gasteiger partial charge in [-0.2, -0.15) is 0 Å². The molecule has 1 amide bonds. The Balaban J connectivity index is 3.41. The van der Waals surface area contributed by atoms with E-state index in [0.29, 0.717) is 6.42 Å². The summed E-state index contributed by atoms with van der Waals surface area (Å²) in [6, 6.07) is -0.619. The Morgan fingerprint density at radius 2 is 0.772 bits per heavy atom. The van der Waals surface area contributed by atoms with Crippen LogP contribution in [0.25, 0.3) is 0 Å². The molecular weight excluding hydrogens is 699 g/mol. The summed E-state index contributed by atoms with van der Waals surface area (Å²) in [5.41, 5.74) is 0. The molecule has 57 heavy (non-hydrogen) atoms. The van der Waals surface area contributed by atoms with Crippen molar-refractivity contribution in [3.63, 3.8) is 0 Å². The van der Waals surface area contributed by atoms with Crippen LogP contribution in [-0.2, 0) is 4.79 Å². The first-order chi connectivity index (χ1) is 28.2. The zero-order valence-electron chi connectivity index (χ0n) is 38.1. The minimum Gasteiger partial charge on any atom is -0.394 e. The first-order valence-corrected chi connectivity index (χ1v) is 25.0. The van der Waals surface area contributed by atoms with E-state index in [1.54, 1.807) is 6.08 Å². The van der Waals surface area contributed by atoms with E-state index >= 15 is 0 Å². The van der Waals surface area contributed by atoms with Crippen LogP contribution in [0.3, 0.4) is 0 Å². The Hall–Kier alpha value is -1.91. The van der Waals surface area contributed by atoms with E-state index in [4.69, 9.17) is 0 Å². The standard InChI is InChI=1S/C53H97NO3/c1-3-5-7-9-11-13-15-16-17-18-19-20-21-22-23-24-25-26-27-28-29-30-31-32-33-34-35-36-37-38-39-41-43-45-47-49-53(57)54-51(50-55)52(56)48-46-44-42-40-14-12-10-8-6-4-2/h5,7,11,13,16-17,19-20,46,48,51-52,55-56H,3-4,6,8-10,12,14-15,18,21-45,47,49-50H2,1-2H3,(H,54,57)/b7-5-,13-11-,17-16-,20-19-,48-46+. The summed E-state index contributed by atoms with van der Waals surface area (Å²) in [4.78, 5) is 12.4. The molecule has 0 aromatic heterocycles. The van der Waals surface area contributed by atoms with Gasteiger partial charge in [0, 0.05) is 6.42 Å². The van der Waals surface area contributed by atoms with E-state index in [0.717, 1.165) is 51.4 Å². The lowest BCUT2D eigenvalue weighted by atomic mass is 10.0. The molecule has 0 aromatic carbocycles. The highest BCUT2D eigenvalue weighted by molar-refractivity contribution is 5.76. The molecule has 332 valence electrons. The number of allylic oxidation sites excluding steroid dienone is 9. The minimum absolute atomic E-state index is 0.0639. The van der Waals surface area contributed by atoms with Crippen molar-refractivity contribution in [1.29, 1.82) is 0 Å². The van der Waals surface area contributed by atoms with Crippen LogP contribution in [-0.4, -0.2) is 34.9 Å². The molecule has 0 heterocycles. The second-order valence-corrected chi connectivity index (χ2v) is 16.9. The summed E-state index contributed by atoms with van der Waals surface area (Å²) in [6.45, 7) is 4.18. The van der Waals surface area contributed by atoms with Gasteiger partial charge in [-0.3, -0.25) is 4.79 Å². The van der Waals surface area contributed by atoms with Gasteiger partial charge in [-0.15, -0.1) is 0 Å². The van der Waals surface area contributed by atoms with Crippen molar-refractivity contribution < 1.29 is 15.0 Å². The number of aliphatic hydroxyl groups excluding tert-OH is 2. The van der Waals surface area contributed by atoms with E-state index in [9.17, 15) is 15.0 Å². The predicted molar refractivity (Wildman–Crippen MR) is 253 cm³/mol. The largest absolute Gasteiger partial charge is 0.394 e. The molecule has 0 bridgehead atoms. The first-order valence-electron chi connectivity index (χ1n) is 25.0. The van der Waals surface area contributed by atoms with Crippen molar-refractivity contribution >= 4 is 5.91 Å². The monoisotopic (exact) mass is 796 g/mol. The lowest BCUT2D eigenvalue weighted by molar-refractivity contribution is -0.123. The maximum Gasteiger partial charge on any atom is 0.220 e. The minimum atomic E-state index is -0.836. The summed E-state index contributed by atoms with van der Waals surface area (Å²) in [7, 11) is 0. The number of unbranched alkanes of at least 4 members (excludes halogenated alkanes) is 30. The van der Waals surface area contributed by atoms with E-state index in [-0.39, 0.29) is 12.5 Å². The van der Waals surface area contributed by atoms with E-state index < -0.39 is 12.1 Å². The number of nitrogens with one attached hydrogen (secondary N) is 1. The fraction of sp³-hybridized carbons (Fsp3) is 0.792. The summed E-state index contributed by atoms with van der Waals surface area (Å²) in [5, 5.41) is 22.9.